The SMILES string of the molecule is Nc1c(NCCCN2CCOCC2)ncnc1Sc1cccc2cccnc12. The zero-order chi connectivity index (χ0) is 19.2. The van der Waals surface area contributed by atoms with Gasteiger partial charge in [-0.05, 0) is 25.1 Å². The second-order valence-corrected chi connectivity index (χ2v) is 7.64. The number of hydrogen-bond donors (Lipinski definition) is 2. The Bertz CT molecular complexity index is 926. The maximum atomic E-state index is 6.34. The van der Waals surface area contributed by atoms with Gasteiger partial charge < -0.3 is 15.8 Å². The third kappa shape index (κ3) is 4.52. The molecule has 3 N–H and O–H groups in total. The van der Waals surface area contributed by atoms with E-state index in [0.29, 0.717) is 11.5 Å². The number of nitrogens with one attached hydrogen (secondary N) is 1. The van der Waals surface area contributed by atoms with Crippen LogP contribution in [0.1, 0.15) is 6.42 Å². The van der Waals surface area contributed by atoms with Gasteiger partial charge in [0, 0.05) is 36.1 Å². The van der Waals surface area contributed by atoms with Crippen molar-refractivity contribution in [3.8, 4) is 0 Å². The topological polar surface area (TPSA) is 89.2 Å². The van der Waals surface area contributed by atoms with Gasteiger partial charge in [-0.15, -0.1) is 0 Å². The molecule has 1 aromatic carbocycles. The summed E-state index contributed by atoms with van der Waals surface area (Å²) in [7, 11) is 0. The molecule has 0 unspecified atom stereocenters. The van der Waals surface area contributed by atoms with E-state index < -0.39 is 0 Å². The Kier molecular flexibility index (Phi) is 6.20. The van der Waals surface area contributed by atoms with E-state index in [1.54, 1.807) is 12.5 Å². The van der Waals surface area contributed by atoms with Crippen LogP contribution < -0.4 is 11.1 Å². The van der Waals surface area contributed by atoms with E-state index in [-0.39, 0.29) is 0 Å². The monoisotopic (exact) mass is 396 g/mol. The summed E-state index contributed by atoms with van der Waals surface area (Å²) >= 11 is 1.52. The molecular weight excluding hydrogens is 372 g/mol. The van der Waals surface area contributed by atoms with E-state index >= 15 is 0 Å². The van der Waals surface area contributed by atoms with Crippen LogP contribution in [0.3, 0.4) is 0 Å². The van der Waals surface area contributed by atoms with Gasteiger partial charge in [0.25, 0.3) is 0 Å². The number of rotatable bonds is 7. The van der Waals surface area contributed by atoms with E-state index in [4.69, 9.17) is 10.5 Å². The Balaban J connectivity index is 1.40. The fraction of sp³-hybridized carbons (Fsp3) is 0.350. The number of morpholine rings is 1. The summed E-state index contributed by atoms with van der Waals surface area (Å²) < 4.78 is 5.38. The third-order valence-electron chi connectivity index (χ3n) is 4.70. The highest BCUT2D eigenvalue weighted by molar-refractivity contribution is 7.99. The summed E-state index contributed by atoms with van der Waals surface area (Å²) in [6.07, 6.45) is 4.39. The molecule has 1 saturated heterocycles. The molecule has 7 nitrogen and oxygen atoms in total. The molecule has 4 rings (SSSR count). The van der Waals surface area contributed by atoms with Crippen molar-refractivity contribution in [3.63, 3.8) is 0 Å². The van der Waals surface area contributed by atoms with Gasteiger partial charge in [0.15, 0.2) is 5.82 Å². The van der Waals surface area contributed by atoms with Crippen LogP contribution in [-0.4, -0.2) is 59.2 Å². The molecule has 3 heterocycles. The number of benzene rings is 1. The fourth-order valence-electron chi connectivity index (χ4n) is 3.20. The van der Waals surface area contributed by atoms with Crippen molar-refractivity contribution < 1.29 is 4.74 Å². The number of nitrogens with zero attached hydrogens (tertiary/aromatic N) is 4. The molecule has 1 aliphatic heterocycles. The minimum atomic E-state index is 0.576. The van der Waals surface area contributed by atoms with Gasteiger partial charge in [-0.3, -0.25) is 9.88 Å². The van der Waals surface area contributed by atoms with Gasteiger partial charge >= 0.3 is 0 Å². The van der Waals surface area contributed by atoms with Gasteiger partial charge in [-0.1, -0.05) is 30.0 Å². The highest BCUT2D eigenvalue weighted by Crippen LogP contribution is 2.35. The zero-order valence-electron chi connectivity index (χ0n) is 15.7. The molecule has 8 heteroatoms. The second kappa shape index (κ2) is 9.18. The molecular formula is C20H24N6OS. The Morgan fingerprint density at radius 2 is 1.96 bits per heavy atom. The van der Waals surface area contributed by atoms with Crippen LogP contribution in [0.5, 0.6) is 0 Å². The first-order valence-electron chi connectivity index (χ1n) is 9.47. The van der Waals surface area contributed by atoms with Crippen molar-refractivity contribution >= 4 is 34.2 Å². The predicted molar refractivity (Wildman–Crippen MR) is 113 cm³/mol. The number of fused-ring (bicyclic) bond motifs is 1. The van der Waals surface area contributed by atoms with Crippen LogP contribution >= 0.6 is 11.8 Å². The number of hydrogen-bond acceptors (Lipinski definition) is 8. The Morgan fingerprint density at radius 3 is 2.86 bits per heavy atom. The van der Waals surface area contributed by atoms with Crippen molar-refractivity contribution in [2.75, 3.05) is 50.4 Å². The lowest BCUT2D eigenvalue weighted by molar-refractivity contribution is 0.0378. The first-order chi connectivity index (χ1) is 13.8. The maximum absolute atomic E-state index is 6.34. The van der Waals surface area contributed by atoms with Crippen LogP contribution in [0.25, 0.3) is 10.9 Å². The van der Waals surface area contributed by atoms with E-state index in [9.17, 15) is 0 Å². The molecule has 0 saturated carbocycles. The number of pyridine rings is 1. The molecule has 28 heavy (non-hydrogen) atoms. The third-order valence-corrected chi connectivity index (χ3v) is 5.76. The average molecular weight is 397 g/mol. The van der Waals surface area contributed by atoms with E-state index in [1.807, 2.05) is 18.2 Å². The number of nitrogens with two attached hydrogens (primary N) is 1. The normalized spacial score (nSPS) is 15.0. The van der Waals surface area contributed by atoms with Gasteiger partial charge in [-0.25, -0.2) is 9.97 Å². The number of para-hydroxylation sites is 1. The van der Waals surface area contributed by atoms with E-state index in [2.05, 4.69) is 37.3 Å². The molecule has 0 aliphatic carbocycles. The standard InChI is InChI=1S/C20H24N6OS/c21-17-19(23-8-3-9-26-10-12-27-13-11-26)24-14-25-20(17)28-16-6-1-4-15-5-2-7-22-18(15)16/h1-2,4-7,14H,3,8-13,21H2,(H,23,24,25). The molecule has 146 valence electrons. The summed E-state index contributed by atoms with van der Waals surface area (Å²) in [6.45, 7) is 5.54. The predicted octanol–water partition coefficient (Wildman–Crippen LogP) is 2.89. The molecule has 3 aromatic rings. The van der Waals surface area contributed by atoms with E-state index in [0.717, 1.165) is 66.6 Å². The summed E-state index contributed by atoms with van der Waals surface area (Å²) in [5.41, 5.74) is 7.87. The molecule has 0 spiro atoms. The van der Waals surface area contributed by atoms with Gasteiger partial charge in [0.2, 0.25) is 0 Å². The molecule has 1 fully saturated rings. The summed E-state index contributed by atoms with van der Waals surface area (Å²) in [6, 6.07) is 10.1. The Morgan fingerprint density at radius 1 is 1.11 bits per heavy atom. The van der Waals surface area contributed by atoms with Crippen LogP contribution in [-0.2, 0) is 4.74 Å². The molecule has 1 aliphatic rings. The number of nitrogen functional groups attached to an aromatic ring is 1. The number of anilines is 2. The smallest absolute Gasteiger partial charge is 0.153 e. The first-order valence-corrected chi connectivity index (χ1v) is 10.3. The van der Waals surface area contributed by atoms with Gasteiger partial charge in [0.05, 0.1) is 18.7 Å². The summed E-state index contributed by atoms with van der Waals surface area (Å²) in [5.74, 6) is 0.688. The minimum Gasteiger partial charge on any atom is -0.394 e. The van der Waals surface area contributed by atoms with Crippen molar-refractivity contribution in [2.24, 2.45) is 0 Å². The largest absolute Gasteiger partial charge is 0.394 e. The Labute approximate surface area is 168 Å². The lowest BCUT2D eigenvalue weighted by Gasteiger charge is -2.26. The highest BCUT2D eigenvalue weighted by atomic mass is 32.2. The molecule has 2 aromatic heterocycles. The van der Waals surface area contributed by atoms with Crippen LogP contribution in [0, 0.1) is 0 Å². The number of ether oxygens (including phenoxy) is 1. The lowest BCUT2D eigenvalue weighted by atomic mass is 10.2. The summed E-state index contributed by atoms with van der Waals surface area (Å²) in [5, 5.41) is 5.19. The van der Waals surface area contributed by atoms with Gasteiger partial charge in [0.1, 0.15) is 17.0 Å². The molecule has 0 bridgehead atoms. The second-order valence-electron chi connectivity index (χ2n) is 6.61. The molecule has 0 amide bonds. The lowest BCUT2D eigenvalue weighted by Crippen LogP contribution is -2.37. The summed E-state index contributed by atoms with van der Waals surface area (Å²) in [4.78, 5) is 16.6. The van der Waals surface area contributed by atoms with Crippen molar-refractivity contribution in [3.05, 3.63) is 42.9 Å². The molecule has 0 atom stereocenters. The number of aromatic nitrogens is 3. The maximum Gasteiger partial charge on any atom is 0.153 e. The highest BCUT2D eigenvalue weighted by Gasteiger charge is 2.13. The first kappa shape index (κ1) is 18.9. The van der Waals surface area contributed by atoms with Crippen molar-refractivity contribution in [1.82, 2.24) is 19.9 Å². The van der Waals surface area contributed by atoms with Crippen LogP contribution in [0.2, 0.25) is 0 Å². The fourth-order valence-corrected chi connectivity index (χ4v) is 4.13. The van der Waals surface area contributed by atoms with Crippen molar-refractivity contribution in [1.29, 1.82) is 0 Å². The van der Waals surface area contributed by atoms with Gasteiger partial charge in [-0.2, -0.15) is 0 Å². The zero-order valence-corrected chi connectivity index (χ0v) is 16.5. The minimum absolute atomic E-state index is 0.576. The quantitative estimate of drug-likeness (QED) is 0.465. The van der Waals surface area contributed by atoms with E-state index in [1.165, 1.54) is 11.8 Å². The van der Waals surface area contributed by atoms with Crippen LogP contribution in [0.15, 0.2) is 52.8 Å². The van der Waals surface area contributed by atoms with Crippen molar-refractivity contribution in [2.45, 2.75) is 16.3 Å². The Hall–Kier alpha value is -2.42. The molecule has 0 radical (unpaired) electrons. The van der Waals surface area contributed by atoms with Crippen LogP contribution in [0.4, 0.5) is 11.5 Å². The average Bonchev–Trinajstić information content (AvgIpc) is 2.74.